The van der Waals surface area contributed by atoms with Crippen LogP contribution in [0.5, 0.6) is 0 Å². The minimum absolute atomic E-state index is 0.0864. The molecule has 0 spiro atoms. The van der Waals surface area contributed by atoms with Gasteiger partial charge in [0.2, 0.25) is 10.0 Å². The number of likely N-dealkylation sites (tertiary alicyclic amines) is 2. The van der Waals surface area contributed by atoms with Crippen molar-refractivity contribution in [2.24, 2.45) is 0 Å². The first kappa shape index (κ1) is 22.4. The molecule has 0 unspecified atom stereocenters. The third-order valence-electron chi connectivity index (χ3n) is 6.31. The lowest BCUT2D eigenvalue weighted by Crippen LogP contribution is -2.52. The number of halogens is 1. The Morgan fingerprint density at radius 3 is 2.38 bits per heavy atom. The molecular weight excluding hydrogens is 414 g/mol. The Bertz CT molecular complexity index is 834. The lowest BCUT2D eigenvalue weighted by Gasteiger charge is -2.43. The van der Waals surface area contributed by atoms with Gasteiger partial charge in [-0.3, -0.25) is 4.79 Å². The van der Waals surface area contributed by atoms with Crippen LogP contribution in [0.15, 0.2) is 6.33 Å². The molecule has 3 heterocycles. The van der Waals surface area contributed by atoms with E-state index in [0.717, 1.165) is 38.8 Å². The molecule has 0 radical (unpaired) electrons. The zero-order chi connectivity index (χ0) is 21.2. The first-order valence-corrected chi connectivity index (χ1v) is 12.2. The van der Waals surface area contributed by atoms with Crippen molar-refractivity contribution in [1.82, 2.24) is 24.1 Å². The van der Waals surface area contributed by atoms with Crippen LogP contribution in [0, 0.1) is 6.92 Å². The van der Waals surface area contributed by atoms with E-state index in [1.807, 2.05) is 4.90 Å². The topological polar surface area (TPSA) is 86.7 Å². The predicted molar refractivity (Wildman–Crippen MR) is 113 cm³/mol. The lowest BCUT2D eigenvalue weighted by molar-refractivity contribution is 0.0542. The smallest absolute Gasteiger partial charge is 0.272 e. The Balaban J connectivity index is 1.52. The summed E-state index contributed by atoms with van der Waals surface area (Å²) in [6, 6.07) is 0.520. The van der Waals surface area contributed by atoms with Gasteiger partial charge >= 0.3 is 0 Å². The summed E-state index contributed by atoms with van der Waals surface area (Å²) in [6.45, 7) is 6.62. The van der Waals surface area contributed by atoms with Crippen molar-refractivity contribution in [3.63, 3.8) is 0 Å². The van der Waals surface area contributed by atoms with Gasteiger partial charge in [0.1, 0.15) is 17.2 Å². The molecule has 1 aromatic rings. The van der Waals surface area contributed by atoms with E-state index in [-0.39, 0.29) is 17.7 Å². The molecule has 10 heteroatoms. The highest BCUT2D eigenvalue weighted by Gasteiger charge is 2.33. The van der Waals surface area contributed by atoms with Crippen molar-refractivity contribution in [2.45, 2.75) is 51.6 Å². The Labute approximate surface area is 178 Å². The van der Waals surface area contributed by atoms with Gasteiger partial charge in [-0.2, -0.15) is 0 Å². The van der Waals surface area contributed by atoms with Crippen molar-refractivity contribution in [3.05, 3.63) is 22.7 Å². The second kappa shape index (κ2) is 9.24. The first-order valence-electron chi connectivity index (χ1n) is 10.2. The molecule has 3 rings (SSSR count). The number of hydrogen-bond donors (Lipinski definition) is 0. The second-order valence-electron chi connectivity index (χ2n) is 7.85. The number of hydrogen-bond acceptors (Lipinski definition) is 6. The SMILES string of the molecule is CCS(=O)(=O)N(C)C1CCN(C2CCN(C(=O)c3ncnc(Cl)c3C)CC2)CC1. The molecule has 8 nitrogen and oxygen atoms in total. The van der Waals surface area contributed by atoms with Gasteiger partial charge in [0.15, 0.2) is 0 Å². The van der Waals surface area contributed by atoms with E-state index in [4.69, 9.17) is 11.6 Å². The zero-order valence-corrected chi connectivity index (χ0v) is 18.9. The molecular formula is C19H30ClN5O3S. The van der Waals surface area contributed by atoms with Crippen molar-refractivity contribution in [1.29, 1.82) is 0 Å². The summed E-state index contributed by atoms with van der Waals surface area (Å²) in [5.41, 5.74) is 0.999. The Kier molecular flexibility index (Phi) is 7.14. The fourth-order valence-electron chi connectivity index (χ4n) is 4.27. The average Bonchev–Trinajstić information content (AvgIpc) is 2.75. The number of sulfonamides is 1. The van der Waals surface area contributed by atoms with Gasteiger partial charge in [0.25, 0.3) is 5.91 Å². The average molecular weight is 444 g/mol. The predicted octanol–water partition coefficient (Wildman–Crippen LogP) is 1.79. The van der Waals surface area contributed by atoms with Gasteiger partial charge in [0.05, 0.1) is 5.75 Å². The minimum atomic E-state index is -3.14. The van der Waals surface area contributed by atoms with Gasteiger partial charge in [-0.15, -0.1) is 0 Å². The van der Waals surface area contributed by atoms with Crippen LogP contribution in [0.2, 0.25) is 5.15 Å². The number of rotatable bonds is 5. The third kappa shape index (κ3) is 4.90. The van der Waals surface area contributed by atoms with E-state index < -0.39 is 10.0 Å². The van der Waals surface area contributed by atoms with Gasteiger partial charge in [-0.05, 0) is 52.6 Å². The number of nitrogens with zero attached hydrogens (tertiary/aromatic N) is 5. The normalized spacial score (nSPS) is 20.4. The quantitative estimate of drug-likeness (QED) is 0.645. The van der Waals surface area contributed by atoms with Crippen LogP contribution in [0.25, 0.3) is 0 Å². The highest BCUT2D eigenvalue weighted by atomic mass is 35.5. The van der Waals surface area contributed by atoms with Crippen LogP contribution in [-0.4, -0.2) is 89.5 Å². The van der Waals surface area contributed by atoms with Gasteiger partial charge in [0, 0.05) is 37.8 Å². The van der Waals surface area contributed by atoms with Crippen molar-refractivity contribution < 1.29 is 13.2 Å². The van der Waals surface area contributed by atoms with E-state index in [9.17, 15) is 13.2 Å². The summed E-state index contributed by atoms with van der Waals surface area (Å²) in [4.78, 5) is 25.1. The molecule has 2 saturated heterocycles. The van der Waals surface area contributed by atoms with Gasteiger partial charge in [-0.1, -0.05) is 11.6 Å². The fourth-order valence-corrected chi connectivity index (χ4v) is 5.48. The van der Waals surface area contributed by atoms with Crippen molar-refractivity contribution >= 4 is 27.5 Å². The molecule has 29 heavy (non-hydrogen) atoms. The maximum atomic E-state index is 12.8. The summed E-state index contributed by atoms with van der Waals surface area (Å²) in [5.74, 6) is 0.0584. The summed E-state index contributed by atoms with van der Waals surface area (Å²) >= 11 is 6.02. The number of aromatic nitrogens is 2. The Morgan fingerprint density at radius 2 is 1.79 bits per heavy atom. The van der Waals surface area contributed by atoms with E-state index in [0.29, 0.717) is 35.5 Å². The summed E-state index contributed by atoms with van der Waals surface area (Å²) in [6.07, 6.45) is 4.87. The summed E-state index contributed by atoms with van der Waals surface area (Å²) < 4.78 is 25.8. The molecule has 0 aliphatic carbocycles. The molecule has 2 aliphatic rings. The number of piperidine rings is 2. The molecule has 0 atom stereocenters. The molecule has 2 fully saturated rings. The monoisotopic (exact) mass is 443 g/mol. The molecule has 162 valence electrons. The fraction of sp³-hybridized carbons (Fsp3) is 0.737. The van der Waals surface area contributed by atoms with E-state index in [2.05, 4.69) is 14.9 Å². The molecule has 0 aromatic carbocycles. The standard InChI is InChI=1S/C19H30ClN5O3S/c1-4-29(27,28)23(3)15-5-9-24(10-6-15)16-7-11-25(12-8-16)19(26)17-14(2)18(20)22-13-21-17/h13,15-16H,4-12H2,1-3H3. The summed E-state index contributed by atoms with van der Waals surface area (Å²) in [7, 11) is -1.44. The number of carbonyl (C=O) groups is 1. The zero-order valence-electron chi connectivity index (χ0n) is 17.3. The lowest BCUT2D eigenvalue weighted by atomic mass is 9.97. The number of carbonyl (C=O) groups excluding carboxylic acids is 1. The Morgan fingerprint density at radius 1 is 1.17 bits per heavy atom. The van der Waals surface area contributed by atoms with Crippen LogP contribution >= 0.6 is 11.6 Å². The molecule has 0 N–H and O–H groups in total. The van der Waals surface area contributed by atoms with Gasteiger partial charge in [-0.25, -0.2) is 22.7 Å². The highest BCUT2D eigenvalue weighted by molar-refractivity contribution is 7.89. The molecule has 0 bridgehead atoms. The molecule has 1 amide bonds. The molecule has 1 aromatic heterocycles. The first-order chi connectivity index (χ1) is 13.7. The third-order valence-corrected chi connectivity index (χ3v) is 8.60. The van der Waals surface area contributed by atoms with Crippen LogP contribution in [0.1, 0.15) is 48.7 Å². The van der Waals surface area contributed by atoms with E-state index in [1.54, 1.807) is 25.2 Å². The van der Waals surface area contributed by atoms with Crippen LogP contribution < -0.4 is 0 Å². The van der Waals surface area contributed by atoms with E-state index in [1.165, 1.54) is 6.33 Å². The maximum absolute atomic E-state index is 12.8. The molecule has 2 aliphatic heterocycles. The molecule has 0 saturated carbocycles. The Hall–Kier alpha value is -1.29. The second-order valence-corrected chi connectivity index (χ2v) is 10.5. The van der Waals surface area contributed by atoms with Crippen LogP contribution in [-0.2, 0) is 10.0 Å². The van der Waals surface area contributed by atoms with E-state index >= 15 is 0 Å². The summed E-state index contributed by atoms with van der Waals surface area (Å²) in [5, 5.41) is 0.316. The van der Waals surface area contributed by atoms with Crippen LogP contribution in [0.3, 0.4) is 0 Å². The maximum Gasteiger partial charge on any atom is 0.272 e. The minimum Gasteiger partial charge on any atom is -0.337 e. The van der Waals surface area contributed by atoms with Gasteiger partial charge < -0.3 is 9.80 Å². The van der Waals surface area contributed by atoms with Crippen molar-refractivity contribution in [3.8, 4) is 0 Å². The van der Waals surface area contributed by atoms with Crippen LogP contribution in [0.4, 0.5) is 0 Å². The largest absolute Gasteiger partial charge is 0.337 e. The number of amides is 1. The van der Waals surface area contributed by atoms with Crippen molar-refractivity contribution in [2.75, 3.05) is 39.0 Å². The highest BCUT2D eigenvalue weighted by Crippen LogP contribution is 2.25.